The lowest BCUT2D eigenvalue weighted by Crippen LogP contribution is -2.30. The van der Waals surface area contributed by atoms with Gasteiger partial charge >= 0.3 is 0 Å². The zero-order chi connectivity index (χ0) is 11.2. The molecule has 90 valence electrons. The van der Waals surface area contributed by atoms with Crippen LogP contribution in [0.1, 0.15) is 57.8 Å². The summed E-state index contributed by atoms with van der Waals surface area (Å²) in [5.74, 6) is 2.46. The van der Waals surface area contributed by atoms with Crippen LogP contribution < -0.4 is 0 Å². The van der Waals surface area contributed by atoms with E-state index in [2.05, 4.69) is 4.99 Å². The summed E-state index contributed by atoms with van der Waals surface area (Å²) < 4.78 is 0. The summed E-state index contributed by atoms with van der Waals surface area (Å²) in [5, 5.41) is 0. The van der Waals surface area contributed by atoms with Gasteiger partial charge in [-0.2, -0.15) is 0 Å². The van der Waals surface area contributed by atoms with Gasteiger partial charge in [0.1, 0.15) is 0 Å². The highest BCUT2D eigenvalue weighted by atomic mass is 16.1. The van der Waals surface area contributed by atoms with Crippen molar-refractivity contribution in [1.29, 1.82) is 0 Å². The zero-order valence-electron chi connectivity index (χ0n) is 10.2. The summed E-state index contributed by atoms with van der Waals surface area (Å²) in [6.45, 7) is 0.741. The first-order valence-corrected chi connectivity index (χ1v) is 6.95. The van der Waals surface area contributed by atoms with Gasteiger partial charge in [-0.3, -0.25) is 0 Å². The lowest BCUT2D eigenvalue weighted by atomic mass is 9.68. The van der Waals surface area contributed by atoms with Crippen LogP contribution in [-0.2, 0) is 4.79 Å². The molecule has 2 aliphatic carbocycles. The first kappa shape index (κ1) is 11.9. The highest BCUT2D eigenvalue weighted by Gasteiger charge is 2.32. The van der Waals surface area contributed by atoms with Crippen LogP contribution in [0.25, 0.3) is 0 Å². The third-order valence-electron chi connectivity index (χ3n) is 4.61. The lowest BCUT2D eigenvalue weighted by molar-refractivity contribution is 0.133. The predicted molar refractivity (Wildman–Crippen MR) is 65.0 cm³/mol. The van der Waals surface area contributed by atoms with E-state index in [0.29, 0.717) is 5.92 Å². The third-order valence-corrected chi connectivity index (χ3v) is 4.61. The van der Waals surface area contributed by atoms with Crippen molar-refractivity contribution in [2.75, 3.05) is 6.54 Å². The van der Waals surface area contributed by atoms with E-state index in [-0.39, 0.29) is 0 Å². The topological polar surface area (TPSA) is 29.4 Å². The number of aliphatic imine (C=N–C) groups is 1. The maximum absolute atomic E-state index is 10.2. The molecule has 0 N–H and O–H groups in total. The molecular weight excluding hydrogens is 198 g/mol. The van der Waals surface area contributed by atoms with Crippen molar-refractivity contribution in [3.05, 3.63) is 0 Å². The van der Waals surface area contributed by atoms with E-state index < -0.39 is 0 Å². The number of carbonyl (C=O) groups excluding carboxylic acids is 1. The Balaban J connectivity index is 1.94. The van der Waals surface area contributed by atoms with Gasteiger partial charge in [0.25, 0.3) is 0 Å². The van der Waals surface area contributed by atoms with Gasteiger partial charge in [-0.15, -0.1) is 0 Å². The Hall–Kier alpha value is -0.620. The van der Waals surface area contributed by atoms with Gasteiger partial charge in [0.15, 0.2) is 0 Å². The molecule has 2 aliphatic rings. The summed E-state index contributed by atoms with van der Waals surface area (Å²) in [4.78, 5) is 14.1. The second kappa shape index (κ2) is 6.20. The third kappa shape index (κ3) is 2.95. The van der Waals surface area contributed by atoms with E-state index in [0.717, 1.165) is 18.4 Å². The van der Waals surface area contributed by atoms with Crippen LogP contribution in [0.3, 0.4) is 0 Å². The minimum Gasteiger partial charge on any atom is -0.211 e. The van der Waals surface area contributed by atoms with E-state index in [1.807, 2.05) is 0 Å². The van der Waals surface area contributed by atoms with Crippen molar-refractivity contribution >= 4 is 6.08 Å². The van der Waals surface area contributed by atoms with Crippen LogP contribution in [0, 0.1) is 17.8 Å². The van der Waals surface area contributed by atoms with E-state index in [4.69, 9.17) is 0 Å². The number of hydrogen-bond acceptors (Lipinski definition) is 2. The fourth-order valence-corrected chi connectivity index (χ4v) is 3.80. The molecule has 0 radical (unpaired) electrons. The normalized spacial score (nSPS) is 32.0. The molecule has 0 heterocycles. The van der Waals surface area contributed by atoms with E-state index in [9.17, 15) is 4.79 Å². The van der Waals surface area contributed by atoms with Gasteiger partial charge in [-0.05, 0) is 30.6 Å². The first-order valence-electron chi connectivity index (χ1n) is 6.95. The molecule has 2 fully saturated rings. The molecule has 0 aromatic rings. The van der Waals surface area contributed by atoms with Crippen LogP contribution in [0.2, 0.25) is 0 Å². The molecule has 2 rings (SSSR count). The Labute approximate surface area is 98.5 Å². The number of hydrogen-bond donors (Lipinski definition) is 0. The highest BCUT2D eigenvalue weighted by Crippen LogP contribution is 2.41. The van der Waals surface area contributed by atoms with Crippen molar-refractivity contribution in [2.24, 2.45) is 22.7 Å². The average Bonchev–Trinajstić information content (AvgIpc) is 2.38. The molecule has 2 unspecified atom stereocenters. The van der Waals surface area contributed by atoms with Crippen LogP contribution in [0.4, 0.5) is 0 Å². The maximum atomic E-state index is 10.2. The molecule has 2 atom stereocenters. The summed E-state index contributed by atoms with van der Waals surface area (Å²) >= 11 is 0. The van der Waals surface area contributed by atoms with Crippen molar-refractivity contribution in [1.82, 2.24) is 0 Å². The molecule has 16 heavy (non-hydrogen) atoms. The molecular formula is C14H23NO. The Morgan fingerprint density at radius 1 is 0.938 bits per heavy atom. The van der Waals surface area contributed by atoms with E-state index >= 15 is 0 Å². The molecule has 0 aromatic heterocycles. The van der Waals surface area contributed by atoms with Crippen LogP contribution in [0.5, 0.6) is 0 Å². The fourth-order valence-electron chi connectivity index (χ4n) is 3.80. The molecule has 0 amide bonds. The summed E-state index contributed by atoms with van der Waals surface area (Å²) in [6.07, 6.45) is 14.2. The van der Waals surface area contributed by atoms with Gasteiger partial charge in [-0.1, -0.05) is 44.9 Å². The van der Waals surface area contributed by atoms with E-state index in [1.165, 1.54) is 57.8 Å². The molecule has 2 nitrogen and oxygen atoms in total. The Bertz CT molecular complexity index is 251. The fraction of sp³-hybridized carbons (Fsp3) is 0.929. The highest BCUT2D eigenvalue weighted by molar-refractivity contribution is 5.32. The molecule has 2 heteroatoms. The molecule has 0 bridgehead atoms. The van der Waals surface area contributed by atoms with Gasteiger partial charge < -0.3 is 0 Å². The quantitative estimate of drug-likeness (QED) is 0.527. The zero-order valence-corrected chi connectivity index (χ0v) is 10.2. The minimum atomic E-state index is 0.679. The van der Waals surface area contributed by atoms with Crippen molar-refractivity contribution in [2.45, 2.75) is 57.8 Å². The molecule has 0 aromatic carbocycles. The molecule has 0 spiro atoms. The molecule has 0 saturated heterocycles. The van der Waals surface area contributed by atoms with Gasteiger partial charge in [0.2, 0.25) is 6.08 Å². The van der Waals surface area contributed by atoms with Crippen LogP contribution in [-0.4, -0.2) is 12.6 Å². The monoisotopic (exact) mass is 221 g/mol. The number of nitrogens with zero attached hydrogens (tertiary/aromatic N) is 1. The Kier molecular flexibility index (Phi) is 4.59. The van der Waals surface area contributed by atoms with Gasteiger partial charge in [0, 0.05) is 0 Å². The maximum Gasteiger partial charge on any atom is 0.234 e. The average molecular weight is 221 g/mol. The van der Waals surface area contributed by atoms with Crippen molar-refractivity contribution in [3.63, 3.8) is 0 Å². The lowest BCUT2D eigenvalue weighted by Gasteiger charge is -2.38. The largest absolute Gasteiger partial charge is 0.234 e. The molecule has 0 aliphatic heterocycles. The number of isocyanates is 1. The van der Waals surface area contributed by atoms with Crippen LogP contribution >= 0.6 is 0 Å². The first-order chi connectivity index (χ1) is 7.92. The SMILES string of the molecule is O=C=NCC1CCCCC1C1CCCCC1. The summed E-state index contributed by atoms with van der Waals surface area (Å²) in [6, 6.07) is 0. The van der Waals surface area contributed by atoms with Gasteiger partial charge in [0.05, 0.1) is 6.54 Å². The minimum absolute atomic E-state index is 0.679. The smallest absolute Gasteiger partial charge is 0.211 e. The van der Waals surface area contributed by atoms with Crippen molar-refractivity contribution in [3.8, 4) is 0 Å². The molecule has 2 saturated carbocycles. The Morgan fingerprint density at radius 2 is 1.62 bits per heavy atom. The number of rotatable bonds is 3. The second-order valence-electron chi connectivity index (χ2n) is 5.54. The summed E-state index contributed by atoms with van der Waals surface area (Å²) in [5.41, 5.74) is 0. The second-order valence-corrected chi connectivity index (χ2v) is 5.54. The van der Waals surface area contributed by atoms with E-state index in [1.54, 1.807) is 6.08 Å². The summed E-state index contributed by atoms with van der Waals surface area (Å²) in [7, 11) is 0. The van der Waals surface area contributed by atoms with Crippen LogP contribution in [0.15, 0.2) is 4.99 Å². The standard InChI is InChI=1S/C14H23NO/c16-11-15-10-13-8-4-5-9-14(13)12-6-2-1-3-7-12/h12-14H,1-10H2. The Morgan fingerprint density at radius 3 is 2.38 bits per heavy atom. The van der Waals surface area contributed by atoms with Gasteiger partial charge in [-0.25, -0.2) is 9.79 Å². The predicted octanol–water partition coefficient (Wildman–Crippen LogP) is 3.71. The van der Waals surface area contributed by atoms with Crippen molar-refractivity contribution < 1.29 is 4.79 Å².